The van der Waals surface area contributed by atoms with Gasteiger partial charge in [-0.3, -0.25) is 9.89 Å². The summed E-state index contributed by atoms with van der Waals surface area (Å²) in [4.78, 5) is 14.4. The molecule has 0 bridgehead atoms. The molecule has 1 saturated heterocycles. The highest BCUT2D eigenvalue weighted by Crippen LogP contribution is 2.42. The maximum Gasteiger partial charge on any atom is 0.273 e. The molecule has 6 heteroatoms. The molecule has 6 nitrogen and oxygen atoms in total. The fourth-order valence-corrected chi connectivity index (χ4v) is 2.73. The second-order valence-electron chi connectivity index (χ2n) is 5.80. The zero-order chi connectivity index (χ0) is 13.4. The number of hydrogen-bond donors (Lipinski definition) is 3. The van der Waals surface area contributed by atoms with E-state index in [1.807, 2.05) is 0 Å². The first-order valence-corrected chi connectivity index (χ1v) is 6.95. The summed E-state index contributed by atoms with van der Waals surface area (Å²) >= 11 is 0. The Morgan fingerprint density at radius 1 is 1.53 bits per heavy atom. The third-order valence-electron chi connectivity index (χ3n) is 4.07. The average molecular weight is 263 g/mol. The van der Waals surface area contributed by atoms with Crippen molar-refractivity contribution in [3.05, 3.63) is 11.4 Å². The van der Waals surface area contributed by atoms with Crippen LogP contribution in [-0.2, 0) is 0 Å². The Labute approximate surface area is 112 Å². The van der Waals surface area contributed by atoms with Gasteiger partial charge in [-0.05, 0) is 38.8 Å². The van der Waals surface area contributed by atoms with Crippen molar-refractivity contribution in [1.82, 2.24) is 20.4 Å². The molecule has 1 unspecified atom stereocenters. The number of amides is 1. The number of H-pyrrole nitrogens is 1. The second-order valence-corrected chi connectivity index (χ2v) is 5.80. The van der Waals surface area contributed by atoms with Gasteiger partial charge in [0.2, 0.25) is 0 Å². The molecule has 2 heterocycles. The number of aromatic amines is 1. The molecule has 1 saturated carbocycles. The molecule has 1 atom stereocenters. The van der Waals surface area contributed by atoms with E-state index in [-0.39, 0.29) is 5.91 Å². The van der Waals surface area contributed by atoms with Crippen LogP contribution >= 0.6 is 0 Å². The third kappa shape index (κ3) is 2.58. The Morgan fingerprint density at radius 2 is 2.32 bits per heavy atom. The van der Waals surface area contributed by atoms with Crippen LogP contribution in [0.25, 0.3) is 0 Å². The maximum absolute atomic E-state index is 12.1. The summed E-state index contributed by atoms with van der Waals surface area (Å²) in [5.41, 5.74) is 7.81. The minimum atomic E-state index is -0.157. The summed E-state index contributed by atoms with van der Waals surface area (Å²) < 4.78 is 0. The normalized spacial score (nSPS) is 23.7. The largest absolute Gasteiger partial charge is 0.395 e. The van der Waals surface area contributed by atoms with Crippen LogP contribution in [0, 0.1) is 5.92 Å². The number of aromatic nitrogens is 2. The van der Waals surface area contributed by atoms with Gasteiger partial charge in [0.25, 0.3) is 5.91 Å². The van der Waals surface area contributed by atoms with Gasteiger partial charge in [-0.25, -0.2) is 0 Å². The topological polar surface area (TPSA) is 87.0 Å². The number of nitrogens with one attached hydrogen (secondary N) is 2. The van der Waals surface area contributed by atoms with Crippen molar-refractivity contribution in [1.29, 1.82) is 0 Å². The van der Waals surface area contributed by atoms with E-state index in [1.165, 1.54) is 0 Å². The molecule has 0 aromatic carbocycles. The molecule has 0 radical (unpaired) electrons. The molecule has 1 amide bonds. The Hall–Kier alpha value is -1.56. The number of anilines is 1. The van der Waals surface area contributed by atoms with Crippen LogP contribution in [-0.4, -0.2) is 47.7 Å². The van der Waals surface area contributed by atoms with Gasteiger partial charge in [0.15, 0.2) is 5.69 Å². The first-order chi connectivity index (χ1) is 9.15. The molecule has 19 heavy (non-hydrogen) atoms. The molecule has 1 aromatic heterocycles. The van der Waals surface area contributed by atoms with Gasteiger partial charge in [0.05, 0.1) is 11.4 Å². The van der Waals surface area contributed by atoms with Crippen molar-refractivity contribution >= 4 is 11.6 Å². The van der Waals surface area contributed by atoms with Gasteiger partial charge in [-0.1, -0.05) is 0 Å². The highest BCUT2D eigenvalue weighted by Gasteiger charge is 2.30. The lowest BCUT2D eigenvalue weighted by atomic mass is 10.1. The average Bonchev–Trinajstić information content (AvgIpc) is 3.03. The van der Waals surface area contributed by atoms with Gasteiger partial charge in [0, 0.05) is 19.0 Å². The van der Waals surface area contributed by atoms with E-state index in [1.54, 1.807) is 0 Å². The number of nitrogens with two attached hydrogens (primary N) is 1. The van der Waals surface area contributed by atoms with E-state index in [2.05, 4.69) is 27.5 Å². The number of carbonyl (C=O) groups excluding carboxylic acids is 1. The fourth-order valence-electron chi connectivity index (χ4n) is 2.73. The van der Waals surface area contributed by atoms with Crippen molar-refractivity contribution < 1.29 is 4.79 Å². The summed E-state index contributed by atoms with van der Waals surface area (Å²) in [7, 11) is 2.11. The fraction of sp³-hybridized carbons (Fsp3) is 0.692. The van der Waals surface area contributed by atoms with Gasteiger partial charge in [-0.15, -0.1) is 0 Å². The van der Waals surface area contributed by atoms with Gasteiger partial charge >= 0.3 is 0 Å². The Morgan fingerprint density at radius 3 is 2.95 bits per heavy atom. The second kappa shape index (κ2) is 4.85. The number of rotatable bonds is 4. The lowest BCUT2D eigenvalue weighted by molar-refractivity contribution is 0.0943. The molecule has 1 aliphatic carbocycles. The zero-order valence-electron chi connectivity index (χ0n) is 11.3. The van der Waals surface area contributed by atoms with Crippen LogP contribution in [0.2, 0.25) is 0 Å². The monoisotopic (exact) mass is 263 g/mol. The molecule has 104 valence electrons. The first kappa shape index (κ1) is 12.5. The summed E-state index contributed by atoms with van der Waals surface area (Å²) in [5.74, 6) is 0.866. The Bertz CT molecular complexity index is 479. The van der Waals surface area contributed by atoms with Crippen molar-refractivity contribution in [3.63, 3.8) is 0 Å². The van der Waals surface area contributed by atoms with Crippen LogP contribution in [0.3, 0.4) is 0 Å². The summed E-state index contributed by atoms with van der Waals surface area (Å²) in [6.45, 7) is 2.86. The lowest BCUT2D eigenvalue weighted by Gasteiger charge is -2.11. The van der Waals surface area contributed by atoms with E-state index < -0.39 is 0 Å². The van der Waals surface area contributed by atoms with Crippen LogP contribution in [0.15, 0.2) is 0 Å². The summed E-state index contributed by atoms with van der Waals surface area (Å²) in [6, 6.07) is 0. The predicted molar refractivity (Wildman–Crippen MR) is 72.9 cm³/mol. The molecule has 1 aliphatic heterocycles. The third-order valence-corrected chi connectivity index (χ3v) is 4.07. The maximum atomic E-state index is 12.1. The van der Waals surface area contributed by atoms with Crippen molar-refractivity contribution in [3.8, 4) is 0 Å². The minimum Gasteiger partial charge on any atom is -0.395 e. The van der Waals surface area contributed by atoms with Gasteiger partial charge in [0.1, 0.15) is 0 Å². The van der Waals surface area contributed by atoms with Crippen LogP contribution in [0.1, 0.15) is 41.4 Å². The molecular formula is C13H21N5O. The zero-order valence-corrected chi connectivity index (χ0v) is 11.3. The summed E-state index contributed by atoms with van der Waals surface area (Å²) in [5, 5.41) is 9.92. The molecule has 2 fully saturated rings. The van der Waals surface area contributed by atoms with Gasteiger partial charge in [-0.2, -0.15) is 5.10 Å². The predicted octanol–water partition coefficient (Wildman–Crippen LogP) is 0.551. The van der Waals surface area contributed by atoms with Crippen LogP contribution in [0.4, 0.5) is 5.69 Å². The minimum absolute atomic E-state index is 0.157. The van der Waals surface area contributed by atoms with E-state index >= 15 is 0 Å². The van der Waals surface area contributed by atoms with E-state index in [9.17, 15) is 4.79 Å². The smallest absolute Gasteiger partial charge is 0.273 e. The van der Waals surface area contributed by atoms with E-state index in [0.29, 0.717) is 29.8 Å². The molecule has 1 aromatic rings. The number of nitrogen functional groups attached to an aromatic ring is 1. The molecule has 3 rings (SSSR count). The van der Waals surface area contributed by atoms with Crippen LogP contribution < -0.4 is 11.1 Å². The van der Waals surface area contributed by atoms with Crippen molar-refractivity contribution in [2.45, 2.75) is 25.2 Å². The van der Waals surface area contributed by atoms with E-state index in [0.717, 1.165) is 38.0 Å². The number of likely N-dealkylation sites (tertiary alicyclic amines) is 1. The van der Waals surface area contributed by atoms with E-state index in [4.69, 9.17) is 5.73 Å². The van der Waals surface area contributed by atoms with Crippen LogP contribution in [0.5, 0.6) is 0 Å². The summed E-state index contributed by atoms with van der Waals surface area (Å²) in [6.07, 6.45) is 3.42. The highest BCUT2D eigenvalue weighted by molar-refractivity contribution is 5.97. The standard InChI is InChI=1S/C13H21N5O/c1-18-5-4-8(7-18)6-15-13(19)12-10(14)11(16-17-12)9-2-3-9/h8-9H,2-7,14H2,1H3,(H,15,19)(H,16,17). The SMILES string of the molecule is CN1CCC(CNC(=O)c2n[nH]c(C3CC3)c2N)C1. The lowest BCUT2D eigenvalue weighted by Crippen LogP contribution is -2.31. The Balaban J connectivity index is 1.58. The first-order valence-electron chi connectivity index (χ1n) is 6.95. The number of hydrogen-bond acceptors (Lipinski definition) is 4. The Kier molecular flexibility index (Phi) is 3.18. The number of nitrogens with zero attached hydrogens (tertiary/aromatic N) is 2. The number of carbonyl (C=O) groups is 1. The van der Waals surface area contributed by atoms with Gasteiger partial charge < -0.3 is 16.0 Å². The molecular weight excluding hydrogens is 242 g/mol. The molecule has 0 spiro atoms. The molecule has 4 N–H and O–H groups in total. The van der Waals surface area contributed by atoms with Crippen molar-refractivity contribution in [2.75, 3.05) is 32.4 Å². The van der Waals surface area contributed by atoms with Crippen molar-refractivity contribution in [2.24, 2.45) is 5.92 Å². The molecule has 2 aliphatic rings. The highest BCUT2D eigenvalue weighted by atomic mass is 16.1. The quantitative estimate of drug-likeness (QED) is 0.740.